The maximum atomic E-state index is 12.3. The molecule has 0 bridgehead atoms. The average Bonchev–Trinajstić information content (AvgIpc) is 3.18. The molecule has 140 valence electrons. The molecule has 0 saturated carbocycles. The zero-order valence-corrected chi connectivity index (χ0v) is 15.5. The minimum absolute atomic E-state index is 0.239. The van der Waals surface area contributed by atoms with Crippen LogP contribution in [0.25, 0.3) is 6.08 Å². The minimum Gasteiger partial charge on any atom is -0.379 e. The van der Waals surface area contributed by atoms with E-state index in [4.69, 9.17) is 4.74 Å². The summed E-state index contributed by atoms with van der Waals surface area (Å²) in [6.07, 6.45) is 6.63. The number of aryl methyl sites for hydroxylation is 1. The van der Waals surface area contributed by atoms with Crippen LogP contribution in [0, 0.1) is 13.8 Å². The fraction of sp³-hybridized carbons (Fsp3) is 0.368. The molecule has 2 N–H and O–H groups in total. The number of morpholine rings is 1. The lowest BCUT2D eigenvalue weighted by Gasteiger charge is -2.26. The van der Waals surface area contributed by atoms with Gasteiger partial charge < -0.3 is 9.72 Å². The van der Waals surface area contributed by atoms with E-state index in [0.29, 0.717) is 17.0 Å². The molecule has 1 amide bonds. The van der Waals surface area contributed by atoms with Crippen LogP contribution in [0.4, 0.5) is 0 Å². The lowest BCUT2D eigenvalue weighted by Crippen LogP contribution is -2.35. The number of aromatic nitrogens is 3. The first-order valence-corrected chi connectivity index (χ1v) is 8.98. The highest BCUT2D eigenvalue weighted by molar-refractivity contribution is 6.32. The first-order valence-electron chi connectivity index (χ1n) is 8.98. The van der Waals surface area contributed by atoms with Crippen LogP contribution in [0.2, 0.25) is 0 Å². The molecule has 8 heteroatoms. The van der Waals surface area contributed by atoms with Crippen LogP contribution in [0.15, 0.2) is 29.3 Å². The highest BCUT2D eigenvalue weighted by Crippen LogP contribution is 2.24. The summed E-state index contributed by atoms with van der Waals surface area (Å²) < 4.78 is 5.43. The largest absolute Gasteiger partial charge is 0.379 e. The Morgan fingerprint density at radius 3 is 2.81 bits per heavy atom. The van der Waals surface area contributed by atoms with Crippen LogP contribution in [0.3, 0.4) is 0 Å². The Labute approximate surface area is 157 Å². The molecule has 4 heterocycles. The Hall–Kier alpha value is -2.84. The summed E-state index contributed by atoms with van der Waals surface area (Å²) in [5.74, 6) is -0.239. The molecule has 8 nitrogen and oxygen atoms in total. The molecule has 0 spiro atoms. The number of rotatable bonds is 4. The highest BCUT2D eigenvalue weighted by Gasteiger charge is 2.26. The Morgan fingerprint density at radius 1 is 1.26 bits per heavy atom. The molecule has 0 aliphatic carbocycles. The number of hydrogen-bond donors (Lipinski definition) is 2. The van der Waals surface area contributed by atoms with Gasteiger partial charge in [0.05, 0.1) is 25.0 Å². The van der Waals surface area contributed by atoms with Gasteiger partial charge in [0.15, 0.2) is 0 Å². The summed E-state index contributed by atoms with van der Waals surface area (Å²) in [4.78, 5) is 26.4. The van der Waals surface area contributed by atoms with Crippen molar-refractivity contribution >= 4 is 17.7 Å². The zero-order valence-electron chi connectivity index (χ0n) is 15.5. The van der Waals surface area contributed by atoms with Crippen LogP contribution in [0.5, 0.6) is 0 Å². The second-order valence-electron chi connectivity index (χ2n) is 6.71. The molecule has 0 atom stereocenters. The number of amides is 1. The van der Waals surface area contributed by atoms with E-state index in [1.165, 1.54) is 5.56 Å². The van der Waals surface area contributed by atoms with Gasteiger partial charge in [0.2, 0.25) is 0 Å². The van der Waals surface area contributed by atoms with Gasteiger partial charge in [-0.1, -0.05) is 0 Å². The molecular formula is C19H22N6O2. The molecule has 2 aromatic rings. The monoisotopic (exact) mass is 366 g/mol. The van der Waals surface area contributed by atoms with Crippen molar-refractivity contribution in [3.8, 4) is 0 Å². The smallest absolute Gasteiger partial charge is 0.273 e. The molecule has 0 radical (unpaired) electrons. The Bertz CT molecular complexity index is 910. The first-order chi connectivity index (χ1) is 13.1. The van der Waals surface area contributed by atoms with E-state index < -0.39 is 0 Å². The number of ether oxygens (including phenoxy) is 1. The van der Waals surface area contributed by atoms with Gasteiger partial charge >= 0.3 is 0 Å². The van der Waals surface area contributed by atoms with Crippen LogP contribution in [-0.4, -0.2) is 57.8 Å². The lowest BCUT2D eigenvalue weighted by atomic mass is 10.0. The molecule has 0 aromatic carbocycles. The van der Waals surface area contributed by atoms with Gasteiger partial charge in [-0.15, -0.1) is 0 Å². The summed E-state index contributed by atoms with van der Waals surface area (Å²) in [6.45, 7) is 8.45. The van der Waals surface area contributed by atoms with Crippen molar-refractivity contribution in [2.45, 2.75) is 20.4 Å². The average molecular weight is 366 g/mol. The number of hydrogen-bond acceptors (Lipinski definition) is 6. The van der Waals surface area contributed by atoms with Gasteiger partial charge in [0.1, 0.15) is 11.4 Å². The molecule has 1 fully saturated rings. The summed E-state index contributed by atoms with van der Waals surface area (Å²) >= 11 is 0. The number of nitrogens with one attached hydrogen (secondary N) is 2. The maximum absolute atomic E-state index is 12.3. The van der Waals surface area contributed by atoms with Gasteiger partial charge in [-0.05, 0) is 31.1 Å². The maximum Gasteiger partial charge on any atom is 0.273 e. The van der Waals surface area contributed by atoms with Crippen molar-refractivity contribution in [1.29, 1.82) is 0 Å². The summed E-state index contributed by atoms with van der Waals surface area (Å²) in [5, 5.41) is 4.13. The molecule has 1 saturated heterocycles. The van der Waals surface area contributed by atoms with Crippen LogP contribution < -0.4 is 5.43 Å². The Morgan fingerprint density at radius 2 is 2.07 bits per heavy atom. The van der Waals surface area contributed by atoms with Crippen molar-refractivity contribution in [3.63, 3.8) is 0 Å². The van der Waals surface area contributed by atoms with Crippen molar-refractivity contribution < 1.29 is 9.53 Å². The summed E-state index contributed by atoms with van der Waals surface area (Å²) in [5.41, 5.74) is 8.52. The van der Waals surface area contributed by atoms with Gasteiger partial charge in [-0.25, -0.2) is 5.43 Å². The molecule has 2 aliphatic rings. The van der Waals surface area contributed by atoms with E-state index in [1.54, 1.807) is 18.6 Å². The van der Waals surface area contributed by atoms with E-state index in [9.17, 15) is 4.79 Å². The standard InChI is InChI=1S/C19H22N6O2/c1-12-15(11-25-5-7-27-8-6-25)13(2)22-16(12)9-14-18(23-24-19(14)26)17-10-20-3-4-21-17/h3-4,9-10,22H,5-8,11H2,1-2H3,(H,24,26)/b14-9+. The second-order valence-corrected chi connectivity index (χ2v) is 6.71. The van der Waals surface area contributed by atoms with E-state index >= 15 is 0 Å². The topological polar surface area (TPSA) is 95.5 Å². The van der Waals surface area contributed by atoms with E-state index in [1.807, 2.05) is 6.08 Å². The Kier molecular flexibility index (Phi) is 4.83. The predicted molar refractivity (Wildman–Crippen MR) is 101 cm³/mol. The highest BCUT2D eigenvalue weighted by atomic mass is 16.5. The van der Waals surface area contributed by atoms with Crippen molar-refractivity contribution in [3.05, 3.63) is 52.4 Å². The third kappa shape index (κ3) is 3.54. The number of nitrogens with zero attached hydrogens (tertiary/aromatic N) is 4. The van der Waals surface area contributed by atoms with E-state index in [2.05, 4.69) is 44.2 Å². The number of H-pyrrole nitrogens is 1. The van der Waals surface area contributed by atoms with Gasteiger partial charge in [0, 0.05) is 43.4 Å². The molecule has 2 aliphatic heterocycles. The first kappa shape index (κ1) is 17.6. The molecule has 4 rings (SSSR count). The predicted octanol–water partition coefficient (Wildman–Crippen LogP) is 1.17. The summed E-state index contributed by atoms with van der Waals surface area (Å²) in [7, 11) is 0. The van der Waals surface area contributed by atoms with E-state index in [-0.39, 0.29) is 5.91 Å². The fourth-order valence-corrected chi connectivity index (χ4v) is 3.41. The quantitative estimate of drug-likeness (QED) is 0.792. The third-order valence-electron chi connectivity index (χ3n) is 4.98. The van der Waals surface area contributed by atoms with Gasteiger partial charge in [-0.3, -0.25) is 19.7 Å². The Balaban J connectivity index is 1.64. The van der Waals surface area contributed by atoms with Gasteiger partial charge in [-0.2, -0.15) is 5.10 Å². The minimum atomic E-state index is -0.239. The molecule has 0 unspecified atom stereocenters. The van der Waals surface area contributed by atoms with Crippen molar-refractivity contribution in [2.75, 3.05) is 26.3 Å². The van der Waals surface area contributed by atoms with Crippen LogP contribution in [-0.2, 0) is 16.1 Å². The second kappa shape index (κ2) is 7.42. The normalized spacial score (nSPS) is 19.4. The molecular weight excluding hydrogens is 344 g/mol. The zero-order chi connectivity index (χ0) is 18.8. The molecule has 2 aromatic heterocycles. The van der Waals surface area contributed by atoms with Gasteiger partial charge in [0.25, 0.3) is 5.91 Å². The van der Waals surface area contributed by atoms with Crippen molar-refractivity contribution in [2.24, 2.45) is 5.10 Å². The third-order valence-corrected chi connectivity index (χ3v) is 4.98. The fourth-order valence-electron chi connectivity index (χ4n) is 3.41. The SMILES string of the molecule is Cc1[nH]c(/C=C2/C(=O)NN=C2c2cnccn2)c(C)c1CN1CCOCC1. The number of carbonyl (C=O) groups excluding carboxylic acids is 1. The summed E-state index contributed by atoms with van der Waals surface area (Å²) in [6, 6.07) is 0. The van der Waals surface area contributed by atoms with Crippen molar-refractivity contribution in [1.82, 2.24) is 25.3 Å². The van der Waals surface area contributed by atoms with E-state index in [0.717, 1.165) is 49.8 Å². The van der Waals surface area contributed by atoms with Crippen LogP contribution >= 0.6 is 0 Å². The lowest BCUT2D eigenvalue weighted by molar-refractivity contribution is -0.116. The van der Waals surface area contributed by atoms with Crippen LogP contribution in [0.1, 0.15) is 28.2 Å². The molecule has 27 heavy (non-hydrogen) atoms. The number of carbonyl (C=O) groups is 1. The number of hydrazone groups is 1. The number of aromatic amines is 1.